The Hall–Kier alpha value is -4.66. The van der Waals surface area contributed by atoms with E-state index in [0.29, 0.717) is 29.2 Å². The summed E-state index contributed by atoms with van der Waals surface area (Å²) in [5, 5.41) is 13.7. The van der Waals surface area contributed by atoms with Gasteiger partial charge in [0.1, 0.15) is 17.5 Å². The second-order valence-electron chi connectivity index (χ2n) is 9.02. The molecule has 0 saturated heterocycles. The highest BCUT2D eigenvalue weighted by Gasteiger charge is 2.34. The number of ether oxygens (including phenoxy) is 2. The SMILES string of the molecule is COc1ccc(Cn2nnnc2[C@@H](c2cc3ccc(OC)cc3[nH]c2=O)N2CCc3ccccc32)cc1. The van der Waals surface area contributed by atoms with E-state index in [-0.39, 0.29) is 5.56 Å². The Morgan fingerprint density at radius 1 is 0.973 bits per heavy atom. The summed E-state index contributed by atoms with van der Waals surface area (Å²) in [5.74, 6) is 2.07. The van der Waals surface area contributed by atoms with E-state index in [1.807, 2.05) is 60.7 Å². The summed E-state index contributed by atoms with van der Waals surface area (Å²) in [6.45, 7) is 1.21. The molecular formula is C28H26N6O3. The van der Waals surface area contributed by atoms with Gasteiger partial charge in [-0.2, -0.15) is 0 Å². The first-order chi connectivity index (χ1) is 18.1. The molecule has 6 rings (SSSR count). The maximum Gasteiger partial charge on any atom is 0.254 e. The lowest BCUT2D eigenvalue weighted by atomic mass is 10.0. The number of anilines is 1. The number of rotatable bonds is 7. The molecular weight excluding hydrogens is 468 g/mol. The Labute approximate surface area is 213 Å². The van der Waals surface area contributed by atoms with Gasteiger partial charge in [0.25, 0.3) is 5.56 Å². The number of nitrogens with zero attached hydrogens (tertiary/aromatic N) is 5. The van der Waals surface area contributed by atoms with Crippen molar-refractivity contribution >= 4 is 16.6 Å². The number of tetrazole rings is 1. The van der Waals surface area contributed by atoms with Gasteiger partial charge in [0.05, 0.1) is 26.3 Å². The first-order valence-electron chi connectivity index (χ1n) is 12.1. The van der Waals surface area contributed by atoms with Crippen molar-refractivity contribution in [2.24, 2.45) is 0 Å². The van der Waals surface area contributed by atoms with Crippen LogP contribution in [0.15, 0.2) is 77.6 Å². The maximum absolute atomic E-state index is 13.6. The van der Waals surface area contributed by atoms with Crippen LogP contribution in [-0.4, -0.2) is 46.0 Å². The standard InChI is InChI=1S/C28H26N6O3/c1-36-21-10-7-18(8-11-21)17-34-27(30-31-32-34)26(33-14-13-19-5-3-4-6-25(19)33)23-15-20-9-12-22(37-2)16-24(20)29-28(23)35/h3-12,15-16,26H,13-14,17H2,1-2H3,(H,29,35)/t26-/m1/s1. The number of pyridine rings is 1. The minimum atomic E-state index is -0.479. The molecule has 0 spiro atoms. The monoisotopic (exact) mass is 494 g/mol. The third-order valence-electron chi connectivity index (χ3n) is 6.91. The van der Waals surface area contributed by atoms with Crippen molar-refractivity contribution in [3.05, 3.63) is 106 Å². The van der Waals surface area contributed by atoms with Gasteiger partial charge >= 0.3 is 0 Å². The summed E-state index contributed by atoms with van der Waals surface area (Å²) in [5.41, 5.74) is 4.46. The summed E-state index contributed by atoms with van der Waals surface area (Å²) in [4.78, 5) is 18.8. The Morgan fingerprint density at radius 3 is 2.57 bits per heavy atom. The number of aromatic amines is 1. The zero-order valence-corrected chi connectivity index (χ0v) is 20.6. The summed E-state index contributed by atoms with van der Waals surface area (Å²) in [6.07, 6.45) is 0.884. The van der Waals surface area contributed by atoms with Gasteiger partial charge in [0.15, 0.2) is 5.82 Å². The van der Waals surface area contributed by atoms with Crippen LogP contribution in [0.1, 0.15) is 28.6 Å². The average molecular weight is 495 g/mol. The van der Waals surface area contributed by atoms with Gasteiger partial charge in [-0.25, -0.2) is 4.68 Å². The summed E-state index contributed by atoms with van der Waals surface area (Å²) in [7, 11) is 3.25. The number of nitrogens with one attached hydrogen (secondary N) is 1. The fraction of sp³-hybridized carbons (Fsp3) is 0.214. The summed E-state index contributed by atoms with van der Waals surface area (Å²) < 4.78 is 12.4. The molecule has 1 atom stereocenters. The van der Waals surface area contributed by atoms with Crippen molar-refractivity contribution in [1.82, 2.24) is 25.2 Å². The van der Waals surface area contributed by atoms with Gasteiger partial charge in [-0.1, -0.05) is 30.3 Å². The molecule has 0 bridgehead atoms. The predicted molar refractivity (Wildman–Crippen MR) is 140 cm³/mol. The van der Waals surface area contributed by atoms with Crippen molar-refractivity contribution in [1.29, 1.82) is 0 Å². The number of aromatic nitrogens is 5. The van der Waals surface area contributed by atoms with Crippen molar-refractivity contribution in [3.63, 3.8) is 0 Å². The molecule has 0 radical (unpaired) electrons. The largest absolute Gasteiger partial charge is 0.497 e. The van der Waals surface area contributed by atoms with Crippen molar-refractivity contribution in [2.75, 3.05) is 25.7 Å². The van der Waals surface area contributed by atoms with Crippen LogP contribution in [0, 0.1) is 0 Å². The van der Waals surface area contributed by atoms with Crippen LogP contribution in [0.2, 0.25) is 0 Å². The number of hydrogen-bond acceptors (Lipinski definition) is 7. The topological polar surface area (TPSA) is 98.2 Å². The molecule has 1 aliphatic rings. The molecule has 1 aliphatic heterocycles. The Balaban J connectivity index is 1.48. The molecule has 37 heavy (non-hydrogen) atoms. The van der Waals surface area contributed by atoms with Gasteiger partial charge in [0.2, 0.25) is 0 Å². The molecule has 1 N–H and O–H groups in total. The number of fused-ring (bicyclic) bond motifs is 2. The molecule has 9 nitrogen and oxygen atoms in total. The molecule has 0 fully saturated rings. The average Bonchev–Trinajstić information content (AvgIpc) is 3.57. The van der Waals surface area contributed by atoms with Gasteiger partial charge in [-0.3, -0.25) is 4.79 Å². The van der Waals surface area contributed by atoms with Gasteiger partial charge < -0.3 is 19.4 Å². The van der Waals surface area contributed by atoms with Crippen molar-refractivity contribution < 1.29 is 9.47 Å². The van der Waals surface area contributed by atoms with E-state index in [4.69, 9.17) is 9.47 Å². The lowest BCUT2D eigenvalue weighted by molar-refractivity contribution is 0.414. The van der Waals surface area contributed by atoms with Crippen molar-refractivity contribution in [3.8, 4) is 11.5 Å². The first-order valence-corrected chi connectivity index (χ1v) is 12.1. The molecule has 186 valence electrons. The number of para-hydroxylation sites is 1. The van der Waals surface area contributed by atoms with Crippen LogP contribution in [0.25, 0.3) is 10.9 Å². The zero-order valence-electron chi connectivity index (χ0n) is 20.6. The molecule has 0 amide bonds. The van der Waals surface area contributed by atoms with Crippen LogP contribution in [-0.2, 0) is 13.0 Å². The Kier molecular flexibility index (Phi) is 5.80. The second-order valence-corrected chi connectivity index (χ2v) is 9.02. The molecule has 9 heteroatoms. The third kappa shape index (κ3) is 4.18. The molecule has 0 aliphatic carbocycles. The molecule has 5 aromatic rings. The lowest BCUT2D eigenvalue weighted by Gasteiger charge is -2.29. The molecule has 0 unspecified atom stereocenters. The van der Waals surface area contributed by atoms with E-state index >= 15 is 0 Å². The lowest BCUT2D eigenvalue weighted by Crippen LogP contribution is -2.34. The fourth-order valence-corrected chi connectivity index (χ4v) is 5.03. The smallest absolute Gasteiger partial charge is 0.254 e. The van der Waals surface area contributed by atoms with Gasteiger partial charge in [-0.05, 0) is 69.8 Å². The van der Waals surface area contributed by atoms with Crippen LogP contribution in [0.3, 0.4) is 0 Å². The molecule has 3 heterocycles. The second kappa shape index (κ2) is 9.42. The normalized spacial score (nSPS) is 13.5. The predicted octanol–water partition coefficient (Wildman–Crippen LogP) is 3.73. The number of methoxy groups -OCH3 is 2. The minimum absolute atomic E-state index is 0.186. The van der Waals surface area contributed by atoms with Crippen molar-refractivity contribution in [2.45, 2.75) is 19.0 Å². The quantitative estimate of drug-likeness (QED) is 0.368. The Morgan fingerprint density at radius 2 is 1.76 bits per heavy atom. The maximum atomic E-state index is 13.6. The minimum Gasteiger partial charge on any atom is -0.497 e. The fourth-order valence-electron chi connectivity index (χ4n) is 5.03. The molecule has 2 aromatic heterocycles. The van der Waals surface area contributed by atoms with Crippen LogP contribution in [0.4, 0.5) is 5.69 Å². The first kappa shape index (κ1) is 22.8. The van der Waals surface area contributed by atoms with Gasteiger partial charge in [-0.15, -0.1) is 5.10 Å². The zero-order chi connectivity index (χ0) is 25.4. The van der Waals surface area contributed by atoms with E-state index in [1.165, 1.54) is 5.56 Å². The Bertz CT molecular complexity index is 1630. The van der Waals surface area contributed by atoms with Crippen LogP contribution in [0.5, 0.6) is 11.5 Å². The highest BCUT2D eigenvalue weighted by atomic mass is 16.5. The number of hydrogen-bond donors (Lipinski definition) is 1. The number of H-pyrrole nitrogens is 1. The summed E-state index contributed by atoms with van der Waals surface area (Å²) >= 11 is 0. The summed E-state index contributed by atoms with van der Waals surface area (Å²) in [6, 6.07) is 23.2. The number of benzene rings is 3. The van der Waals surface area contributed by atoms with E-state index in [0.717, 1.165) is 35.4 Å². The van der Waals surface area contributed by atoms with Gasteiger partial charge in [0, 0.05) is 23.9 Å². The van der Waals surface area contributed by atoms with E-state index in [9.17, 15) is 4.79 Å². The van der Waals surface area contributed by atoms with E-state index in [1.54, 1.807) is 18.9 Å². The van der Waals surface area contributed by atoms with E-state index in [2.05, 4.69) is 37.5 Å². The molecule has 3 aromatic carbocycles. The van der Waals surface area contributed by atoms with E-state index < -0.39 is 6.04 Å². The third-order valence-corrected chi connectivity index (χ3v) is 6.91. The highest BCUT2D eigenvalue weighted by molar-refractivity contribution is 5.81. The molecule has 0 saturated carbocycles. The van der Waals surface area contributed by atoms with Crippen LogP contribution >= 0.6 is 0 Å². The highest BCUT2D eigenvalue weighted by Crippen LogP contribution is 2.37. The van der Waals surface area contributed by atoms with Crippen LogP contribution < -0.4 is 19.9 Å².